The maximum atomic E-state index is 11.9. The monoisotopic (exact) mass is 279 g/mol. The maximum absolute atomic E-state index is 11.9. The quantitative estimate of drug-likeness (QED) is 0.888. The van der Waals surface area contributed by atoms with Gasteiger partial charge in [0, 0.05) is 22.4 Å². The van der Waals surface area contributed by atoms with Crippen molar-refractivity contribution >= 4 is 27.8 Å². The Morgan fingerprint density at radius 3 is 3.00 bits per heavy atom. The van der Waals surface area contributed by atoms with Gasteiger partial charge in [-0.1, -0.05) is 22.0 Å². The third-order valence-corrected chi connectivity index (χ3v) is 3.10. The van der Waals surface area contributed by atoms with Crippen molar-refractivity contribution in [3.8, 4) is 0 Å². The van der Waals surface area contributed by atoms with Crippen LogP contribution in [0.4, 0.5) is 5.95 Å². The highest BCUT2D eigenvalue weighted by molar-refractivity contribution is 9.10. The van der Waals surface area contributed by atoms with Crippen LogP contribution in [0.2, 0.25) is 0 Å². The van der Waals surface area contributed by atoms with Gasteiger partial charge in [-0.2, -0.15) is 0 Å². The van der Waals surface area contributed by atoms with E-state index in [0.717, 1.165) is 10.0 Å². The number of amides is 1. The molecule has 1 aromatic heterocycles. The van der Waals surface area contributed by atoms with Crippen LogP contribution in [-0.4, -0.2) is 15.9 Å². The number of carbonyl (C=O) groups is 1. The van der Waals surface area contributed by atoms with Gasteiger partial charge in [0.15, 0.2) is 0 Å². The number of H-pyrrole nitrogens is 1. The molecule has 0 saturated carbocycles. The van der Waals surface area contributed by atoms with Crippen LogP contribution in [0.3, 0.4) is 0 Å². The van der Waals surface area contributed by atoms with E-state index in [1.54, 1.807) is 18.5 Å². The minimum atomic E-state index is -0.172. The fourth-order valence-electron chi connectivity index (χ4n) is 1.36. The van der Waals surface area contributed by atoms with Crippen LogP contribution in [0.1, 0.15) is 15.9 Å². The molecule has 2 aromatic rings. The summed E-state index contributed by atoms with van der Waals surface area (Å²) >= 11 is 3.39. The van der Waals surface area contributed by atoms with Crippen LogP contribution in [0, 0.1) is 6.92 Å². The van der Waals surface area contributed by atoms with Gasteiger partial charge < -0.3 is 4.98 Å². The smallest absolute Gasteiger partial charge is 0.258 e. The van der Waals surface area contributed by atoms with Crippen molar-refractivity contribution < 1.29 is 4.79 Å². The molecule has 0 spiro atoms. The minimum Gasteiger partial charge on any atom is -0.331 e. The zero-order valence-corrected chi connectivity index (χ0v) is 10.2. The molecule has 0 aliphatic rings. The number of aromatic nitrogens is 2. The predicted octanol–water partition coefficient (Wildman–Crippen LogP) is 2.73. The lowest BCUT2D eigenvalue weighted by Gasteiger charge is -2.06. The lowest BCUT2D eigenvalue weighted by Crippen LogP contribution is -2.14. The van der Waals surface area contributed by atoms with Crippen LogP contribution in [0.15, 0.2) is 35.1 Å². The number of benzene rings is 1. The first-order valence-electron chi connectivity index (χ1n) is 4.74. The number of aromatic amines is 1. The summed E-state index contributed by atoms with van der Waals surface area (Å²) in [5.74, 6) is 0.276. The van der Waals surface area contributed by atoms with Gasteiger partial charge in [0.25, 0.3) is 5.91 Å². The molecule has 0 unspecified atom stereocenters. The average molecular weight is 280 g/mol. The minimum absolute atomic E-state index is 0.172. The molecule has 82 valence electrons. The zero-order valence-electron chi connectivity index (χ0n) is 8.62. The highest BCUT2D eigenvalue weighted by Gasteiger charge is 2.11. The molecule has 2 N–H and O–H groups in total. The van der Waals surface area contributed by atoms with Crippen molar-refractivity contribution in [3.63, 3.8) is 0 Å². The molecule has 0 fully saturated rings. The lowest BCUT2D eigenvalue weighted by atomic mass is 10.1. The Hall–Kier alpha value is -1.62. The van der Waals surface area contributed by atoms with Gasteiger partial charge in [-0.3, -0.25) is 10.1 Å². The summed E-state index contributed by atoms with van der Waals surface area (Å²) in [5, 5.41) is 2.68. The number of hydrogen-bond acceptors (Lipinski definition) is 2. The van der Waals surface area contributed by atoms with E-state index in [1.807, 2.05) is 19.1 Å². The molecule has 2 rings (SSSR count). The van der Waals surface area contributed by atoms with Crippen LogP contribution in [-0.2, 0) is 0 Å². The normalized spacial score (nSPS) is 10.1. The van der Waals surface area contributed by atoms with Gasteiger partial charge in [0.1, 0.15) is 0 Å². The summed E-state index contributed by atoms with van der Waals surface area (Å²) in [7, 11) is 0. The number of imidazole rings is 1. The van der Waals surface area contributed by atoms with Crippen LogP contribution < -0.4 is 5.32 Å². The van der Waals surface area contributed by atoms with Gasteiger partial charge in [-0.15, -0.1) is 0 Å². The van der Waals surface area contributed by atoms with E-state index in [9.17, 15) is 4.79 Å². The number of halogens is 1. The molecular weight excluding hydrogens is 270 g/mol. The van der Waals surface area contributed by atoms with Crippen LogP contribution in [0.5, 0.6) is 0 Å². The first-order chi connectivity index (χ1) is 7.68. The second kappa shape index (κ2) is 4.49. The summed E-state index contributed by atoms with van der Waals surface area (Å²) in [6.45, 7) is 1.89. The molecule has 0 saturated heterocycles. The maximum Gasteiger partial charge on any atom is 0.258 e. The first kappa shape index (κ1) is 10.9. The zero-order chi connectivity index (χ0) is 11.5. The Bertz CT molecular complexity index is 508. The SMILES string of the molecule is Cc1c(Br)cccc1C(=O)Nc1ncc[nH]1. The van der Waals surface area contributed by atoms with Crippen molar-refractivity contribution in [1.29, 1.82) is 0 Å². The van der Waals surface area contributed by atoms with Gasteiger partial charge >= 0.3 is 0 Å². The summed E-state index contributed by atoms with van der Waals surface area (Å²) in [6.07, 6.45) is 3.24. The van der Waals surface area contributed by atoms with E-state index in [-0.39, 0.29) is 5.91 Å². The number of anilines is 1. The highest BCUT2D eigenvalue weighted by atomic mass is 79.9. The summed E-state index contributed by atoms with van der Waals surface area (Å²) in [4.78, 5) is 18.6. The third-order valence-electron chi connectivity index (χ3n) is 2.24. The summed E-state index contributed by atoms with van der Waals surface area (Å²) in [6, 6.07) is 5.51. The Morgan fingerprint density at radius 2 is 2.31 bits per heavy atom. The van der Waals surface area contributed by atoms with Crippen LogP contribution >= 0.6 is 15.9 Å². The lowest BCUT2D eigenvalue weighted by molar-refractivity contribution is 0.102. The fourth-order valence-corrected chi connectivity index (χ4v) is 1.73. The Kier molecular flexibility index (Phi) is 3.05. The highest BCUT2D eigenvalue weighted by Crippen LogP contribution is 2.19. The van der Waals surface area contributed by atoms with Gasteiger partial charge in [0.2, 0.25) is 5.95 Å². The number of nitrogens with one attached hydrogen (secondary N) is 2. The van der Waals surface area contributed by atoms with Gasteiger partial charge in [-0.25, -0.2) is 4.98 Å². The number of nitrogens with zero attached hydrogens (tertiary/aromatic N) is 1. The fraction of sp³-hybridized carbons (Fsp3) is 0.0909. The van der Waals surface area contributed by atoms with Crippen molar-refractivity contribution in [2.24, 2.45) is 0 Å². The standard InChI is InChI=1S/C11H10BrN3O/c1-7-8(3-2-4-9(7)12)10(16)15-11-13-5-6-14-11/h2-6H,1H3,(H2,13,14,15,16). The molecule has 0 aliphatic carbocycles. The van der Waals surface area contributed by atoms with E-state index in [1.165, 1.54) is 0 Å². The van der Waals surface area contributed by atoms with Crippen LogP contribution in [0.25, 0.3) is 0 Å². The molecule has 16 heavy (non-hydrogen) atoms. The predicted molar refractivity (Wildman–Crippen MR) is 65.4 cm³/mol. The van der Waals surface area contributed by atoms with Crippen molar-refractivity contribution in [3.05, 3.63) is 46.2 Å². The number of carbonyl (C=O) groups excluding carboxylic acids is 1. The number of hydrogen-bond donors (Lipinski definition) is 2. The van der Waals surface area contributed by atoms with E-state index in [2.05, 4.69) is 31.2 Å². The largest absolute Gasteiger partial charge is 0.331 e. The molecule has 1 amide bonds. The molecule has 0 bridgehead atoms. The molecular formula is C11H10BrN3O. The molecule has 0 aliphatic heterocycles. The van der Waals surface area contributed by atoms with E-state index < -0.39 is 0 Å². The van der Waals surface area contributed by atoms with Gasteiger partial charge in [0.05, 0.1) is 0 Å². The molecule has 4 nitrogen and oxygen atoms in total. The molecule has 0 radical (unpaired) electrons. The third kappa shape index (κ3) is 2.14. The molecule has 1 heterocycles. The molecule has 0 atom stereocenters. The number of rotatable bonds is 2. The Morgan fingerprint density at radius 1 is 1.50 bits per heavy atom. The molecule has 1 aromatic carbocycles. The molecule has 5 heteroatoms. The van der Waals surface area contributed by atoms with Crippen molar-refractivity contribution in [2.75, 3.05) is 5.32 Å². The first-order valence-corrected chi connectivity index (χ1v) is 5.53. The van der Waals surface area contributed by atoms with Crippen molar-refractivity contribution in [1.82, 2.24) is 9.97 Å². The van der Waals surface area contributed by atoms with Crippen molar-refractivity contribution in [2.45, 2.75) is 6.92 Å². The summed E-state index contributed by atoms with van der Waals surface area (Å²) in [5.41, 5.74) is 1.54. The second-order valence-corrected chi connectivity index (χ2v) is 4.16. The van der Waals surface area contributed by atoms with E-state index >= 15 is 0 Å². The van der Waals surface area contributed by atoms with E-state index in [0.29, 0.717) is 11.5 Å². The second-order valence-electron chi connectivity index (χ2n) is 3.30. The Labute approximate surface area is 101 Å². The topological polar surface area (TPSA) is 57.8 Å². The summed E-state index contributed by atoms with van der Waals surface area (Å²) < 4.78 is 0.916. The van der Waals surface area contributed by atoms with Gasteiger partial charge in [-0.05, 0) is 24.6 Å². The Balaban J connectivity index is 2.24. The average Bonchev–Trinajstić information content (AvgIpc) is 2.74. The van der Waals surface area contributed by atoms with E-state index in [4.69, 9.17) is 0 Å².